The van der Waals surface area contributed by atoms with Crippen molar-refractivity contribution in [1.29, 1.82) is 0 Å². The molecule has 2 saturated heterocycles. The van der Waals surface area contributed by atoms with Gasteiger partial charge in [0, 0.05) is 36.0 Å². The topological polar surface area (TPSA) is 186 Å². The van der Waals surface area contributed by atoms with Gasteiger partial charge in [-0.25, -0.2) is 4.98 Å². The Morgan fingerprint density at radius 2 is 1.76 bits per heavy atom. The van der Waals surface area contributed by atoms with E-state index in [2.05, 4.69) is 17.2 Å². The smallest absolute Gasteiger partial charge is 0.311 e. The van der Waals surface area contributed by atoms with Gasteiger partial charge in [0.1, 0.15) is 12.4 Å². The summed E-state index contributed by atoms with van der Waals surface area (Å²) in [5.74, 6) is -0.818. The van der Waals surface area contributed by atoms with Crippen molar-refractivity contribution < 1.29 is 44.2 Å². The first-order chi connectivity index (χ1) is 26.0. The third-order valence-corrected chi connectivity index (χ3v) is 12.6. The quantitative estimate of drug-likeness (QED) is 0.125. The highest BCUT2D eigenvalue weighted by Crippen LogP contribution is 2.69. The zero-order valence-electron chi connectivity index (χ0n) is 31.2. The number of nitrogens with two attached hydrogens (primary N) is 1. The van der Waals surface area contributed by atoms with Crippen molar-refractivity contribution in [2.75, 3.05) is 26.6 Å². The minimum Gasteiger partial charge on any atom is -0.504 e. The Bertz CT molecular complexity index is 1860. The van der Waals surface area contributed by atoms with Crippen LogP contribution in [-0.2, 0) is 16.0 Å². The maximum Gasteiger partial charge on any atom is 0.311 e. The fraction of sp³-hybridized carbons (Fsp3) is 0.524. The number of rotatable bonds is 11. The number of phenolic OH excluding ortho intramolecular Hbond substituents is 2. The van der Waals surface area contributed by atoms with Crippen LogP contribution >= 0.6 is 0 Å². The van der Waals surface area contributed by atoms with Gasteiger partial charge in [0.05, 0.1) is 38.4 Å². The average molecular weight is 744 g/mol. The predicted molar refractivity (Wildman–Crippen MR) is 202 cm³/mol. The molecule has 7 N–H and O–H groups in total. The Kier molecular flexibility index (Phi) is 10.7. The molecule has 12 nitrogen and oxygen atoms in total. The number of hydrogen-bond donors (Lipinski definition) is 6. The zero-order valence-corrected chi connectivity index (χ0v) is 31.2. The lowest BCUT2D eigenvalue weighted by Gasteiger charge is -2.61. The van der Waals surface area contributed by atoms with Gasteiger partial charge in [-0.1, -0.05) is 31.1 Å². The second-order valence-electron chi connectivity index (χ2n) is 15.7. The number of aromatic hydroxyl groups is 2. The number of aliphatic hydroxyl groups excluding tert-OH is 1. The first-order valence-electron chi connectivity index (χ1n) is 19.1. The predicted octanol–water partition coefficient (Wildman–Crippen LogP) is 6.04. The van der Waals surface area contributed by atoms with Gasteiger partial charge in [0.2, 0.25) is 5.75 Å². The van der Waals surface area contributed by atoms with Gasteiger partial charge in [-0.3, -0.25) is 4.79 Å². The number of aliphatic hydroxyl groups is 1. The number of aromatic nitrogens is 1. The van der Waals surface area contributed by atoms with E-state index >= 15 is 0 Å². The molecule has 8 atom stereocenters. The number of allylic oxidation sites excluding steroid dienone is 1. The molecule has 2 aromatic carbocycles. The number of piperidine rings is 1. The Balaban J connectivity index is 1.18. The Morgan fingerprint density at radius 1 is 1.00 bits per heavy atom. The van der Waals surface area contributed by atoms with Crippen LogP contribution in [0.25, 0.3) is 0 Å². The number of carboxylic acids is 1. The number of nitrogens with one attached hydrogen (secondary N) is 1. The van der Waals surface area contributed by atoms with E-state index in [0.717, 1.165) is 43.2 Å². The first kappa shape index (κ1) is 37.8. The van der Waals surface area contributed by atoms with Gasteiger partial charge < -0.3 is 50.4 Å². The molecule has 3 aromatic rings. The first-order valence-corrected chi connectivity index (χ1v) is 19.1. The van der Waals surface area contributed by atoms with Crippen LogP contribution in [0.1, 0.15) is 87.0 Å². The monoisotopic (exact) mass is 743 g/mol. The lowest BCUT2D eigenvalue weighted by atomic mass is 9.46. The Labute approximate surface area is 316 Å². The number of carbonyl (C=O) groups is 1. The van der Waals surface area contributed by atoms with Crippen LogP contribution in [0.15, 0.2) is 60.8 Å². The van der Waals surface area contributed by atoms with Gasteiger partial charge >= 0.3 is 5.97 Å². The van der Waals surface area contributed by atoms with Crippen molar-refractivity contribution in [3.05, 3.63) is 77.5 Å². The van der Waals surface area contributed by atoms with Crippen LogP contribution in [0, 0.1) is 16.7 Å². The van der Waals surface area contributed by atoms with E-state index in [-0.39, 0.29) is 53.1 Å². The van der Waals surface area contributed by atoms with Crippen molar-refractivity contribution >= 4 is 11.8 Å². The summed E-state index contributed by atoms with van der Waals surface area (Å²) in [6.45, 7) is 2.24. The fourth-order valence-corrected chi connectivity index (χ4v) is 10.5. The molecular formula is C42H53N3O9. The number of methoxy groups -OCH3 is 2. The molecule has 1 saturated carbocycles. The lowest BCUT2D eigenvalue weighted by Crippen LogP contribution is -2.68. The van der Waals surface area contributed by atoms with E-state index in [9.17, 15) is 25.2 Å². The number of nitrogens with zero attached hydrogens (tertiary/aromatic N) is 1. The number of hydrogen-bond acceptors (Lipinski definition) is 11. The minimum atomic E-state index is -0.873. The number of carboxylic acid groups (broad SMARTS) is 1. The molecule has 12 heteroatoms. The molecule has 0 radical (unpaired) electrons. The van der Waals surface area contributed by atoms with Gasteiger partial charge in [-0.05, 0) is 104 Å². The maximum absolute atomic E-state index is 13.3. The summed E-state index contributed by atoms with van der Waals surface area (Å²) in [5.41, 5.74) is 7.72. The van der Waals surface area contributed by atoms with Crippen LogP contribution in [-0.4, -0.2) is 76.5 Å². The number of aliphatic carboxylic acids is 1. The summed E-state index contributed by atoms with van der Waals surface area (Å²) in [6.07, 6.45) is 11.1. The van der Waals surface area contributed by atoms with E-state index in [4.69, 9.17) is 24.7 Å². The van der Waals surface area contributed by atoms with Gasteiger partial charge in [-0.2, -0.15) is 0 Å². The van der Waals surface area contributed by atoms with Crippen LogP contribution in [0.5, 0.6) is 28.7 Å². The van der Waals surface area contributed by atoms with Gasteiger partial charge in [0.25, 0.3) is 0 Å². The summed E-state index contributed by atoms with van der Waals surface area (Å²) >= 11 is 0. The second kappa shape index (κ2) is 15.3. The summed E-state index contributed by atoms with van der Waals surface area (Å²) < 4.78 is 24.1. The zero-order chi connectivity index (χ0) is 38.2. The molecule has 7 rings (SSSR count). The SMILES string of the molecule is COc1cc(CC[C@H]2C[C@H](O)C[C@@H](c3cc(OC)c(O)c(OC[C@H]4N[C@@H](C)CC5(CCCC5)[C@@]45[C@@H](c4ccnc(N)c4)C=C[C@H]5C(=O)O)c3)O2)ccc1O. The summed E-state index contributed by atoms with van der Waals surface area (Å²) in [7, 11) is 2.99. The van der Waals surface area contributed by atoms with Crippen LogP contribution < -0.4 is 25.3 Å². The summed E-state index contributed by atoms with van der Waals surface area (Å²) in [5, 5.41) is 47.0. The molecule has 0 unspecified atom stereocenters. The van der Waals surface area contributed by atoms with E-state index in [1.54, 1.807) is 30.5 Å². The van der Waals surface area contributed by atoms with E-state index in [0.29, 0.717) is 42.8 Å². The highest BCUT2D eigenvalue weighted by molar-refractivity contribution is 5.76. The maximum atomic E-state index is 13.3. The van der Waals surface area contributed by atoms with Crippen molar-refractivity contribution in [2.45, 2.75) is 101 Å². The van der Waals surface area contributed by atoms with Crippen molar-refractivity contribution in [3.63, 3.8) is 0 Å². The number of anilines is 1. The number of nitrogen functional groups attached to an aromatic ring is 1. The number of aryl methyl sites for hydroxylation is 1. The minimum absolute atomic E-state index is 0.0762. The van der Waals surface area contributed by atoms with Gasteiger partial charge in [0.15, 0.2) is 23.0 Å². The summed E-state index contributed by atoms with van der Waals surface area (Å²) in [6, 6.07) is 12.2. The molecule has 3 fully saturated rings. The third-order valence-electron chi connectivity index (χ3n) is 12.6. The van der Waals surface area contributed by atoms with Crippen LogP contribution in [0.4, 0.5) is 5.82 Å². The number of pyridine rings is 1. The van der Waals surface area contributed by atoms with Crippen molar-refractivity contribution in [1.82, 2.24) is 10.3 Å². The molecular weight excluding hydrogens is 690 g/mol. The van der Waals surface area contributed by atoms with E-state index < -0.39 is 35.6 Å². The number of ether oxygens (including phenoxy) is 4. The number of phenols is 2. The molecule has 290 valence electrons. The van der Waals surface area contributed by atoms with E-state index in [1.807, 2.05) is 30.4 Å². The number of benzene rings is 2. The fourth-order valence-electron chi connectivity index (χ4n) is 10.5. The third kappa shape index (κ3) is 6.84. The highest BCUT2D eigenvalue weighted by Gasteiger charge is 2.68. The molecule has 1 aromatic heterocycles. The molecule has 4 aliphatic rings. The molecule has 2 aliphatic heterocycles. The molecule has 0 amide bonds. The lowest BCUT2D eigenvalue weighted by molar-refractivity contribution is -0.158. The average Bonchev–Trinajstić information content (AvgIpc) is 3.79. The highest BCUT2D eigenvalue weighted by atomic mass is 16.5. The standard InChI is InChI=1S/C42H53N3O9/c1-24-22-41(13-4-5-14-41)42(30(9-10-31(42)40(49)50)26-12-15-44-38(43)19-26)37(45-24)23-53-36-18-27(17-35(52-3)39(36)48)33-21-28(46)20-29(54-33)8-6-25-7-11-32(47)34(16-25)51-2/h7,9-12,15-19,24,28-31,33,37,45-48H,4-6,8,13-14,20-23H2,1-3H3,(H2,43,44)(H,49,50)/t24-,28-,29-,30+,31-,33-,37+,42+/m0/s1. The second-order valence-corrected chi connectivity index (χ2v) is 15.7. The Hall–Kier alpha value is -4.52. The Morgan fingerprint density at radius 3 is 2.48 bits per heavy atom. The molecule has 3 heterocycles. The van der Waals surface area contributed by atoms with E-state index in [1.165, 1.54) is 14.2 Å². The van der Waals surface area contributed by atoms with Crippen molar-refractivity contribution in [3.8, 4) is 28.7 Å². The molecule has 0 bridgehead atoms. The molecule has 54 heavy (non-hydrogen) atoms. The van der Waals surface area contributed by atoms with Crippen LogP contribution in [0.2, 0.25) is 0 Å². The van der Waals surface area contributed by atoms with Crippen molar-refractivity contribution in [2.24, 2.45) is 16.7 Å². The molecule has 2 spiro atoms. The normalized spacial score (nSPS) is 30.1. The van der Waals surface area contributed by atoms with Gasteiger partial charge in [-0.15, -0.1) is 0 Å². The van der Waals surface area contributed by atoms with Crippen LogP contribution in [0.3, 0.4) is 0 Å². The number of fused-ring (bicyclic) bond motifs is 1. The largest absolute Gasteiger partial charge is 0.504 e. The summed E-state index contributed by atoms with van der Waals surface area (Å²) in [4.78, 5) is 17.5. The molecule has 2 aliphatic carbocycles.